The Labute approximate surface area is 340 Å². The summed E-state index contributed by atoms with van der Waals surface area (Å²) in [6.45, 7) is 0.0352. The van der Waals surface area contributed by atoms with Crippen LogP contribution in [0.4, 0.5) is 51.2 Å². The Morgan fingerprint density at radius 1 is 0.328 bits per heavy atom. The maximum atomic E-state index is 2.49. The molecule has 272 valence electrons. The van der Waals surface area contributed by atoms with Gasteiger partial charge in [0, 0.05) is 45.3 Å². The molecule has 9 aromatic carbocycles. The monoisotopic (exact) mass is 739 g/mol. The van der Waals surface area contributed by atoms with Gasteiger partial charge in [-0.25, -0.2) is 0 Å². The van der Waals surface area contributed by atoms with Gasteiger partial charge >= 0.3 is 0 Å². The van der Waals surface area contributed by atoms with Crippen LogP contribution in [0.25, 0.3) is 22.3 Å². The van der Waals surface area contributed by atoms with Crippen LogP contribution in [-0.2, 0) is 0 Å². The lowest BCUT2D eigenvalue weighted by atomic mass is 9.33. The zero-order valence-electron chi connectivity index (χ0n) is 31.9. The molecule has 9 aromatic rings. The Balaban J connectivity index is 1.27. The zero-order valence-corrected chi connectivity index (χ0v) is 31.9. The van der Waals surface area contributed by atoms with Gasteiger partial charge in [-0.3, -0.25) is 0 Å². The van der Waals surface area contributed by atoms with E-state index in [0.717, 1.165) is 50.9 Å². The molecule has 11 rings (SSSR count). The minimum absolute atomic E-state index is 0.0352. The first-order chi connectivity index (χ1) is 28.8. The fourth-order valence-corrected chi connectivity index (χ4v) is 9.19. The summed E-state index contributed by atoms with van der Waals surface area (Å²) in [6.07, 6.45) is 0. The zero-order chi connectivity index (χ0) is 38.4. The molecule has 0 aliphatic carbocycles. The van der Waals surface area contributed by atoms with Gasteiger partial charge in [0.15, 0.2) is 0 Å². The van der Waals surface area contributed by atoms with Crippen molar-refractivity contribution in [2.45, 2.75) is 0 Å². The van der Waals surface area contributed by atoms with Gasteiger partial charge in [0.1, 0.15) is 0 Å². The predicted octanol–water partition coefficient (Wildman–Crippen LogP) is 12.6. The Bertz CT molecular complexity index is 2720. The van der Waals surface area contributed by atoms with Gasteiger partial charge in [-0.2, -0.15) is 0 Å². The van der Waals surface area contributed by atoms with Crippen LogP contribution in [-0.4, -0.2) is 6.71 Å². The highest BCUT2D eigenvalue weighted by Crippen LogP contribution is 2.50. The first kappa shape index (κ1) is 33.8. The van der Waals surface area contributed by atoms with E-state index in [1.807, 2.05) is 0 Å². The number of hydrogen-bond acceptors (Lipinski definition) is 3. The standard InChI is InChI=1S/C54H38BN3/c1-5-21-39(22-6-1)44-29-13-17-33-48(44)58(49-34-18-14-30-45(49)40-23-7-2-8-24-40)43-37-52-54-53(38-43)57(42-27-11-4-12-28-42)51-36-20-16-32-47(51)55(54)46-31-15-19-35-50(46)56(52)41-25-9-3-10-26-41/h1-38H. The number of hydrogen-bond donors (Lipinski definition) is 0. The predicted molar refractivity (Wildman–Crippen MR) is 246 cm³/mol. The molecule has 0 amide bonds. The van der Waals surface area contributed by atoms with Gasteiger partial charge in [0.25, 0.3) is 6.71 Å². The van der Waals surface area contributed by atoms with E-state index in [2.05, 4.69) is 245 Å². The molecule has 0 saturated carbocycles. The molecule has 2 aliphatic heterocycles. The maximum Gasteiger partial charge on any atom is 0.252 e. The Hall–Kier alpha value is -7.56. The molecule has 4 heteroatoms. The van der Waals surface area contributed by atoms with Crippen molar-refractivity contribution < 1.29 is 0 Å². The van der Waals surface area contributed by atoms with E-state index in [1.165, 1.54) is 38.9 Å². The van der Waals surface area contributed by atoms with Crippen molar-refractivity contribution in [3.8, 4) is 22.3 Å². The first-order valence-electron chi connectivity index (χ1n) is 20.0. The lowest BCUT2D eigenvalue weighted by molar-refractivity contribution is 1.23. The van der Waals surface area contributed by atoms with Gasteiger partial charge < -0.3 is 14.7 Å². The highest BCUT2D eigenvalue weighted by Gasteiger charge is 2.43. The van der Waals surface area contributed by atoms with Crippen molar-refractivity contribution in [3.05, 3.63) is 231 Å². The molecular formula is C54H38BN3. The highest BCUT2D eigenvalue weighted by atomic mass is 15.2. The van der Waals surface area contributed by atoms with Gasteiger partial charge in [-0.1, -0.05) is 170 Å². The van der Waals surface area contributed by atoms with Crippen LogP contribution in [0.1, 0.15) is 0 Å². The van der Waals surface area contributed by atoms with E-state index in [1.54, 1.807) is 0 Å². The minimum atomic E-state index is 0.0352. The Morgan fingerprint density at radius 2 is 0.690 bits per heavy atom. The average Bonchev–Trinajstić information content (AvgIpc) is 3.30. The molecule has 2 heterocycles. The van der Waals surface area contributed by atoms with Crippen LogP contribution in [0.5, 0.6) is 0 Å². The number of benzene rings is 9. The molecule has 0 unspecified atom stereocenters. The van der Waals surface area contributed by atoms with Crippen molar-refractivity contribution >= 4 is 74.3 Å². The molecule has 0 atom stereocenters. The molecule has 0 spiro atoms. The number of anilines is 9. The maximum absolute atomic E-state index is 2.49. The van der Waals surface area contributed by atoms with Crippen LogP contribution in [0.2, 0.25) is 0 Å². The molecular weight excluding hydrogens is 701 g/mol. The lowest BCUT2D eigenvalue weighted by Gasteiger charge is -2.45. The third-order valence-electron chi connectivity index (χ3n) is 11.6. The van der Waals surface area contributed by atoms with Gasteiger partial charge in [-0.05, 0) is 88.2 Å². The van der Waals surface area contributed by atoms with E-state index in [4.69, 9.17) is 0 Å². The summed E-state index contributed by atoms with van der Waals surface area (Å²) in [5.41, 5.74) is 18.8. The van der Waals surface area contributed by atoms with E-state index >= 15 is 0 Å². The van der Waals surface area contributed by atoms with E-state index in [0.29, 0.717) is 0 Å². The smallest absolute Gasteiger partial charge is 0.252 e. The molecule has 0 saturated heterocycles. The summed E-state index contributed by atoms with van der Waals surface area (Å²) < 4.78 is 0. The van der Waals surface area contributed by atoms with E-state index < -0.39 is 0 Å². The second kappa shape index (κ2) is 14.2. The number of nitrogens with zero attached hydrogens (tertiary/aromatic N) is 3. The second-order valence-corrected chi connectivity index (χ2v) is 14.9. The van der Waals surface area contributed by atoms with Crippen molar-refractivity contribution in [2.24, 2.45) is 0 Å². The highest BCUT2D eigenvalue weighted by molar-refractivity contribution is 7.00. The summed E-state index contributed by atoms with van der Waals surface area (Å²) in [5, 5.41) is 0. The summed E-state index contributed by atoms with van der Waals surface area (Å²) in [5.74, 6) is 0. The van der Waals surface area contributed by atoms with Crippen LogP contribution in [0, 0.1) is 0 Å². The normalized spacial score (nSPS) is 12.4. The molecule has 3 nitrogen and oxygen atoms in total. The summed E-state index contributed by atoms with van der Waals surface area (Å²) in [4.78, 5) is 7.45. The fourth-order valence-electron chi connectivity index (χ4n) is 9.19. The largest absolute Gasteiger partial charge is 0.311 e. The summed E-state index contributed by atoms with van der Waals surface area (Å²) >= 11 is 0. The van der Waals surface area contributed by atoms with Crippen LogP contribution < -0.4 is 31.1 Å². The third-order valence-corrected chi connectivity index (χ3v) is 11.6. The van der Waals surface area contributed by atoms with Crippen LogP contribution in [0.15, 0.2) is 231 Å². The minimum Gasteiger partial charge on any atom is -0.311 e. The molecule has 0 bridgehead atoms. The number of rotatable bonds is 7. The molecule has 0 radical (unpaired) electrons. The molecule has 0 N–H and O–H groups in total. The lowest BCUT2D eigenvalue weighted by Crippen LogP contribution is -2.61. The van der Waals surface area contributed by atoms with Gasteiger partial charge in [-0.15, -0.1) is 0 Å². The molecule has 0 fully saturated rings. The fraction of sp³-hybridized carbons (Fsp3) is 0. The van der Waals surface area contributed by atoms with Crippen LogP contribution in [0.3, 0.4) is 0 Å². The van der Waals surface area contributed by atoms with Crippen molar-refractivity contribution in [1.82, 2.24) is 0 Å². The average molecular weight is 740 g/mol. The number of fused-ring (bicyclic) bond motifs is 4. The van der Waals surface area contributed by atoms with Crippen LogP contribution >= 0.6 is 0 Å². The van der Waals surface area contributed by atoms with Crippen molar-refractivity contribution in [2.75, 3.05) is 14.7 Å². The van der Waals surface area contributed by atoms with Crippen molar-refractivity contribution in [1.29, 1.82) is 0 Å². The topological polar surface area (TPSA) is 9.72 Å². The van der Waals surface area contributed by atoms with Gasteiger partial charge in [0.2, 0.25) is 0 Å². The third kappa shape index (κ3) is 5.53. The quantitative estimate of drug-likeness (QED) is 0.151. The molecule has 58 heavy (non-hydrogen) atoms. The van der Waals surface area contributed by atoms with E-state index in [-0.39, 0.29) is 6.71 Å². The Kier molecular flexibility index (Phi) is 8.26. The summed E-state index contributed by atoms with van der Waals surface area (Å²) in [7, 11) is 0. The Morgan fingerprint density at radius 3 is 1.14 bits per heavy atom. The van der Waals surface area contributed by atoms with Gasteiger partial charge in [0.05, 0.1) is 17.1 Å². The first-order valence-corrected chi connectivity index (χ1v) is 20.0. The molecule has 0 aromatic heterocycles. The van der Waals surface area contributed by atoms with Crippen molar-refractivity contribution in [3.63, 3.8) is 0 Å². The van der Waals surface area contributed by atoms with E-state index in [9.17, 15) is 0 Å². The SMILES string of the molecule is c1ccc(-c2ccccc2N(c2cc3c4c(c2)N(c2ccccc2)c2ccccc2B4c2ccccc2N3c2ccccc2)c2ccccc2-c2ccccc2)cc1. The summed E-state index contributed by atoms with van der Waals surface area (Å²) in [6, 6.07) is 83.7. The molecule has 2 aliphatic rings. The second-order valence-electron chi connectivity index (χ2n) is 14.9. The number of para-hydroxylation sites is 6.